The molecule has 0 bridgehead atoms. The van der Waals surface area contributed by atoms with E-state index in [0.717, 1.165) is 0 Å². The minimum absolute atomic E-state index is 0.0439. The summed E-state index contributed by atoms with van der Waals surface area (Å²) in [5, 5.41) is 18.3. The second kappa shape index (κ2) is 13.1. The molecule has 0 radical (unpaired) electrons. The van der Waals surface area contributed by atoms with Gasteiger partial charge in [-0.05, 0) is 51.7 Å². The number of ether oxygens (including phenoxy) is 2. The molecule has 1 rings (SSSR count). The first-order valence-electron chi connectivity index (χ1n) is 11.0. The van der Waals surface area contributed by atoms with Crippen molar-refractivity contribution >= 4 is 29.7 Å². The number of nitrogens with two attached hydrogens (primary N) is 1. The van der Waals surface area contributed by atoms with Gasteiger partial charge in [0, 0.05) is 18.7 Å². The van der Waals surface area contributed by atoms with Gasteiger partial charge in [-0.3, -0.25) is 14.9 Å². The number of nitrogens with one attached hydrogen (secondary N) is 3. The van der Waals surface area contributed by atoms with Crippen molar-refractivity contribution in [3.05, 3.63) is 34.4 Å². The minimum Gasteiger partial charge on any atom is -0.444 e. The van der Waals surface area contributed by atoms with Crippen LogP contribution in [0.15, 0.2) is 24.3 Å². The van der Waals surface area contributed by atoms with Crippen molar-refractivity contribution in [3.8, 4) is 5.75 Å². The van der Waals surface area contributed by atoms with Crippen molar-refractivity contribution < 1.29 is 33.6 Å². The average Bonchev–Trinajstić information content (AvgIpc) is 2.72. The molecule has 5 N–H and O–H groups in total. The topological polar surface area (TPSA) is 192 Å². The molecule has 2 atom stereocenters. The van der Waals surface area contributed by atoms with Crippen molar-refractivity contribution in [1.82, 2.24) is 16.0 Å². The van der Waals surface area contributed by atoms with Gasteiger partial charge in [0.1, 0.15) is 23.4 Å². The monoisotopic (exact) mass is 495 g/mol. The third kappa shape index (κ3) is 11.2. The van der Waals surface area contributed by atoms with Gasteiger partial charge in [0.2, 0.25) is 5.91 Å². The van der Waals surface area contributed by atoms with Crippen LogP contribution in [-0.4, -0.2) is 53.2 Å². The van der Waals surface area contributed by atoms with Crippen LogP contribution in [0.5, 0.6) is 5.75 Å². The number of alkyl carbamates (subject to hydrolysis) is 1. The number of nitro benzene ring substituents is 1. The zero-order chi connectivity index (χ0) is 26.8. The Morgan fingerprint density at radius 1 is 1.09 bits per heavy atom. The molecule has 0 saturated carbocycles. The normalized spacial score (nSPS) is 12.7. The van der Waals surface area contributed by atoms with Crippen molar-refractivity contribution in [2.75, 3.05) is 6.54 Å². The lowest BCUT2D eigenvalue weighted by Crippen LogP contribution is -2.55. The summed E-state index contributed by atoms with van der Waals surface area (Å²) in [4.78, 5) is 59.0. The highest BCUT2D eigenvalue weighted by molar-refractivity contribution is 5.90. The number of nitrogens with zero attached hydrogens (tertiary/aromatic N) is 1. The van der Waals surface area contributed by atoms with E-state index in [-0.39, 0.29) is 36.7 Å². The Kier molecular flexibility index (Phi) is 10.9. The van der Waals surface area contributed by atoms with Gasteiger partial charge in [0.15, 0.2) is 0 Å². The molecule has 0 aliphatic rings. The predicted molar refractivity (Wildman–Crippen MR) is 125 cm³/mol. The summed E-state index contributed by atoms with van der Waals surface area (Å²) in [7, 11) is 0. The highest BCUT2D eigenvalue weighted by Crippen LogP contribution is 2.18. The smallest absolute Gasteiger partial charge is 0.408 e. The molecule has 0 aliphatic heterocycles. The van der Waals surface area contributed by atoms with Crippen LogP contribution in [0.3, 0.4) is 0 Å². The zero-order valence-electron chi connectivity index (χ0n) is 20.5. The number of nitro groups is 1. The molecule has 1 aromatic carbocycles. The van der Waals surface area contributed by atoms with E-state index in [0.29, 0.717) is 0 Å². The Morgan fingerprint density at radius 3 is 2.17 bits per heavy atom. The highest BCUT2D eigenvalue weighted by Gasteiger charge is 2.31. The van der Waals surface area contributed by atoms with Crippen LogP contribution in [0, 0.1) is 16.0 Å². The number of hydrogen-bond acceptors (Lipinski definition) is 8. The Morgan fingerprint density at radius 2 is 1.69 bits per heavy atom. The van der Waals surface area contributed by atoms with Crippen molar-refractivity contribution in [3.63, 3.8) is 0 Å². The molecule has 0 saturated heterocycles. The Hall–Kier alpha value is -3.90. The third-order valence-electron chi connectivity index (χ3n) is 4.46. The summed E-state index contributed by atoms with van der Waals surface area (Å²) < 4.78 is 10.5. The number of rotatable bonds is 11. The molecule has 13 nitrogen and oxygen atoms in total. The lowest BCUT2D eigenvalue weighted by atomic mass is 10.0. The van der Waals surface area contributed by atoms with Gasteiger partial charge >= 0.3 is 18.1 Å². The molecule has 194 valence electrons. The number of primary amides is 1. The van der Waals surface area contributed by atoms with Crippen LogP contribution in [0.2, 0.25) is 0 Å². The van der Waals surface area contributed by atoms with Crippen LogP contribution >= 0.6 is 0 Å². The number of carbonyl (C=O) groups is 4. The molecule has 13 heteroatoms. The fourth-order valence-corrected chi connectivity index (χ4v) is 2.82. The van der Waals surface area contributed by atoms with Crippen LogP contribution in [0.1, 0.15) is 47.5 Å². The van der Waals surface area contributed by atoms with Crippen molar-refractivity contribution in [1.29, 1.82) is 0 Å². The molecule has 0 heterocycles. The number of amides is 4. The number of carbonyl (C=O) groups excluding carboxylic acids is 4. The van der Waals surface area contributed by atoms with E-state index in [1.165, 1.54) is 24.3 Å². The van der Waals surface area contributed by atoms with Gasteiger partial charge in [0.05, 0.1) is 4.92 Å². The van der Waals surface area contributed by atoms with E-state index >= 15 is 0 Å². The summed E-state index contributed by atoms with van der Waals surface area (Å²) in [6.07, 6.45) is -0.438. The quantitative estimate of drug-likeness (QED) is 0.118. The molecule has 0 spiro atoms. The highest BCUT2D eigenvalue weighted by atomic mass is 16.6. The number of esters is 1. The molecule has 0 aromatic heterocycles. The number of benzene rings is 1. The summed E-state index contributed by atoms with van der Waals surface area (Å²) in [5.74, 6) is -1.77. The molecular weight excluding hydrogens is 462 g/mol. The fraction of sp³-hybridized carbons (Fsp3) is 0.545. The average molecular weight is 496 g/mol. The first-order valence-corrected chi connectivity index (χ1v) is 11.0. The van der Waals surface area contributed by atoms with Crippen molar-refractivity contribution in [2.45, 2.75) is 65.1 Å². The zero-order valence-corrected chi connectivity index (χ0v) is 20.5. The van der Waals surface area contributed by atoms with E-state index in [9.17, 15) is 29.3 Å². The lowest BCUT2D eigenvalue weighted by molar-refractivity contribution is -0.384. The predicted octanol–water partition coefficient (Wildman–Crippen LogP) is 1.98. The fourth-order valence-electron chi connectivity index (χ4n) is 2.82. The molecule has 0 aliphatic carbocycles. The van der Waals surface area contributed by atoms with Gasteiger partial charge in [-0.1, -0.05) is 13.8 Å². The first-order chi connectivity index (χ1) is 16.2. The third-order valence-corrected chi connectivity index (χ3v) is 4.46. The number of hydrogen-bond donors (Lipinski definition) is 4. The summed E-state index contributed by atoms with van der Waals surface area (Å²) in [6, 6.07) is 1.96. The number of non-ortho nitro benzene ring substituents is 1. The molecule has 0 unspecified atom stereocenters. The van der Waals surface area contributed by atoms with Gasteiger partial charge in [0.25, 0.3) is 5.69 Å². The van der Waals surface area contributed by atoms with E-state index in [1.807, 2.05) is 0 Å². The van der Waals surface area contributed by atoms with Crippen LogP contribution in [0.4, 0.5) is 15.3 Å². The summed E-state index contributed by atoms with van der Waals surface area (Å²) in [6.45, 7) is 8.62. The van der Waals surface area contributed by atoms with Gasteiger partial charge in [-0.25, -0.2) is 14.4 Å². The minimum atomic E-state index is -1.14. The maximum atomic E-state index is 13.0. The number of urea groups is 1. The Balaban J connectivity index is 2.96. The van der Waals surface area contributed by atoms with E-state index in [2.05, 4.69) is 16.0 Å². The molecule has 4 amide bonds. The maximum Gasteiger partial charge on any atom is 0.408 e. The molecule has 1 aromatic rings. The van der Waals surface area contributed by atoms with Crippen LogP contribution in [0.25, 0.3) is 0 Å². The van der Waals surface area contributed by atoms with Gasteiger partial charge in [-0.2, -0.15) is 0 Å². The van der Waals surface area contributed by atoms with Gasteiger partial charge < -0.3 is 31.2 Å². The van der Waals surface area contributed by atoms with Crippen LogP contribution in [-0.2, 0) is 14.3 Å². The van der Waals surface area contributed by atoms with E-state index in [1.54, 1.807) is 34.6 Å². The van der Waals surface area contributed by atoms with Crippen LogP contribution < -0.4 is 26.4 Å². The first kappa shape index (κ1) is 29.1. The standard InChI is InChI=1S/C22H33N5O8/c1-13(2)17(26-21(31)35-22(3,4)5)18(28)25-16(7-6-12-24-20(23)30)19(29)34-15-10-8-14(9-11-15)27(32)33/h8-11,13,16-17H,6-7,12H2,1-5H3,(H,25,28)(H,26,31)(H3,23,24,30)/t16-,17-/m0/s1. The largest absolute Gasteiger partial charge is 0.444 e. The van der Waals surface area contributed by atoms with Crippen molar-refractivity contribution in [2.24, 2.45) is 11.7 Å². The molecule has 0 fully saturated rings. The summed E-state index contributed by atoms with van der Waals surface area (Å²) in [5.41, 5.74) is 4.09. The maximum absolute atomic E-state index is 13.0. The second-order valence-corrected chi connectivity index (χ2v) is 9.03. The Labute approximate surface area is 203 Å². The second-order valence-electron chi connectivity index (χ2n) is 9.03. The van der Waals surface area contributed by atoms with E-state index in [4.69, 9.17) is 15.2 Å². The van der Waals surface area contributed by atoms with Gasteiger partial charge in [-0.15, -0.1) is 0 Å². The van der Waals surface area contributed by atoms with E-state index < -0.39 is 46.6 Å². The Bertz CT molecular complexity index is 911. The molecular formula is C22H33N5O8. The SMILES string of the molecule is CC(C)[C@H](NC(=O)OC(C)(C)C)C(=O)N[C@@H](CCCNC(N)=O)C(=O)Oc1ccc([N+](=O)[O-])cc1. The lowest BCUT2D eigenvalue weighted by Gasteiger charge is -2.26. The summed E-state index contributed by atoms with van der Waals surface area (Å²) >= 11 is 0. The molecule has 35 heavy (non-hydrogen) atoms.